The Labute approximate surface area is 114 Å². The normalized spacial score (nSPS) is 18.4. The molecule has 0 atom stereocenters. The molecule has 5 heteroatoms. The van der Waals surface area contributed by atoms with E-state index in [1.807, 2.05) is 0 Å². The summed E-state index contributed by atoms with van der Waals surface area (Å²) in [6.45, 7) is 1.75. The van der Waals surface area contributed by atoms with Gasteiger partial charge in [0.25, 0.3) is 0 Å². The number of hydrogen-bond acceptors (Lipinski definition) is 4. The van der Waals surface area contributed by atoms with Gasteiger partial charge >= 0.3 is 0 Å². The van der Waals surface area contributed by atoms with Gasteiger partial charge in [-0.3, -0.25) is 0 Å². The summed E-state index contributed by atoms with van der Waals surface area (Å²) in [5.41, 5.74) is 0.636. The molecule has 2 rings (SSSR count). The van der Waals surface area contributed by atoms with Crippen LogP contribution in [0.25, 0.3) is 0 Å². The Balaban J connectivity index is 2.15. The van der Waals surface area contributed by atoms with Gasteiger partial charge in [0.15, 0.2) is 9.84 Å². The number of nitrogens with one attached hydrogen (secondary N) is 1. The maximum Gasteiger partial charge on any atom is 0.178 e. The van der Waals surface area contributed by atoms with Crippen LogP contribution in [0.2, 0.25) is 0 Å². The van der Waals surface area contributed by atoms with Crippen LogP contribution in [0.1, 0.15) is 32.6 Å². The first kappa shape index (κ1) is 14.3. The predicted molar refractivity (Wildman–Crippen MR) is 76.1 cm³/mol. The van der Waals surface area contributed by atoms with Crippen LogP contribution >= 0.6 is 0 Å². The van der Waals surface area contributed by atoms with Gasteiger partial charge in [0.05, 0.1) is 22.8 Å². The summed E-state index contributed by atoms with van der Waals surface area (Å²) >= 11 is 0. The Morgan fingerprint density at radius 2 is 1.79 bits per heavy atom. The third kappa shape index (κ3) is 3.09. The molecule has 0 bridgehead atoms. The average molecular weight is 283 g/mol. The summed E-state index contributed by atoms with van der Waals surface area (Å²) in [6.07, 6.45) is 4.16. The van der Waals surface area contributed by atoms with Crippen molar-refractivity contribution in [2.24, 2.45) is 0 Å². The highest BCUT2D eigenvalue weighted by molar-refractivity contribution is 7.91. The minimum atomic E-state index is -3.14. The lowest BCUT2D eigenvalue weighted by molar-refractivity contribution is 0.214. The highest BCUT2D eigenvalue weighted by atomic mass is 32.2. The minimum absolute atomic E-state index is 0.111. The molecule has 1 fully saturated rings. The van der Waals surface area contributed by atoms with Crippen molar-refractivity contribution < 1.29 is 13.5 Å². The smallest absolute Gasteiger partial charge is 0.178 e. The third-order valence-electron chi connectivity index (χ3n) is 3.87. The molecule has 0 spiro atoms. The fourth-order valence-corrected chi connectivity index (χ4v) is 3.48. The number of sulfone groups is 1. The topological polar surface area (TPSA) is 66.4 Å². The SMILES string of the molecule is CCS(=O)(=O)c1ccc(NC2(CO)CCCC2)cc1. The van der Waals surface area contributed by atoms with Gasteiger partial charge in [-0.25, -0.2) is 8.42 Å². The molecule has 0 unspecified atom stereocenters. The van der Waals surface area contributed by atoms with Crippen LogP contribution in [0, 0.1) is 0 Å². The van der Waals surface area contributed by atoms with E-state index < -0.39 is 9.84 Å². The summed E-state index contributed by atoms with van der Waals surface area (Å²) in [6, 6.07) is 6.80. The monoisotopic (exact) mass is 283 g/mol. The Kier molecular flexibility index (Phi) is 4.16. The van der Waals surface area contributed by atoms with Gasteiger partial charge in [-0.05, 0) is 37.1 Å². The standard InChI is InChI=1S/C14H21NO3S/c1-2-19(17,18)13-7-5-12(6-8-13)15-14(11-16)9-3-4-10-14/h5-8,15-16H,2-4,9-11H2,1H3. The van der Waals surface area contributed by atoms with Gasteiger partial charge in [0.2, 0.25) is 0 Å². The summed E-state index contributed by atoms with van der Waals surface area (Å²) in [5.74, 6) is 0.111. The van der Waals surface area contributed by atoms with E-state index in [1.54, 1.807) is 31.2 Å². The zero-order chi connectivity index (χ0) is 13.9. The fraction of sp³-hybridized carbons (Fsp3) is 0.571. The minimum Gasteiger partial charge on any atom is -0.394 e. The van der Waals surface area contributed by atoms with Gasteiger partial charge in [0, 0.05) is 5.69 Å². The van der Waals surface area contributed by atoms with Crippen LogP contribution in [0.3, 0.4) is 0 Å². The molecule has 1 aliphatic rings. The number of aliphatic hydroxyl groups excluding tert-OH is 1. The van der Waals surface area contributed by atoms with Gasteiger partial charge < -0.3 is 10.4 Å². The quantitative estimate of drug-likeness (QED) is 0.869. The summed E-state index contributed by atoms with van der Waals surface area (Å²) in [5, 5.41) is 12.9. The van der Waals surface area contributed by atoms with Gasteiger partial charge in [-0.2, -0.15) is 0 Å². The van der Waals surface area contributed by atoms with Crippen molar-refractivity contribution in [2.75, 3.05) is 17.7 Å². The van der Waals surface area contributed by atoms with Crippen molar-refractivity contribution in [1.29, 1.82) is 0 Å². The summed E-state index contributed by atoms with van der Waals surface area (Å²) < 4.78 is 23.4. The molecule has 19 heavy (non-hydrogen) atoms. The van der Waals surface area contributed by atoms with Gasteiger partial charge in [-0.15, -0.1) is 0 Å². The van der Waals surface area contributed by atoms with E-state index in [2.05, 4.69) is 5.32 Å². The number of anilines is 1. The zero-order valence-corrected chi connectivity index (χ0v) is 12.0. The molecule has 1 aliphatic carbocycles. The molecule has 0 aliphatic heterocycles. The van der Waals surface area contributed by atoms with Crippen LogP contribution in [0.5, 0.6) is 0 Å². The van der Waals surface area contributed by atoms with E-state index in [9.17, 15) is 13.5 Å². The zero-order valence-electron chi connectivity index (χ0n) is 11.2. The molecular formula is C14H21NO3S. The van der Waals surface area contributed by atoms with Crippen molar-refractivity contribution in [1.82, 2.24) is 0 Å². The van der Waals surface area contributed by atoms with E-state index in [1.165, 1.54) is 0 Å². The third-order valence-corrected chi connectivity index (χ3v) is 5.62. The second kappa shape index (κ2) is 5.51. The Morgan fingerprint density at radius 1 is 1.21 bits per heavy atom. The highest BCUT2D eigenvalue weighted by Gasteiger charge is 2.32. The van der Waals surface area contributed by atoms with E-state index in [4.69, 9.17) is 0 Å². The number of benzene rings is 1. The second-order valence-electron chi connectivity index (χ2n) is 5.20. The highest BCUT2D eigenvalue weighted by Crippen LogP contribution is 2.32. The van der Waals surface area contributed by atoms with E-state index in [-0.39, 0.29) is 17.9 Å². The number of hydrogen-bond donors (Lipinski definition) is 2. The van der Waals surface area contributed by atoms with Crippen molar-refractivity contribution in [3.8, 4) is 0 Å². The molecule has 1 saturated carbocycles. The Morgan fingerprint density at radius 3 is 2.26 bits per heavy atom. The molecule has 4 nitrogen and oxygen atoms in total. The fourth-order valence-electron chi connectivity index (χ4n) is 2.59. The van der Waals surface area contributed by atoms with Gasteiger partial charge in [-0.1, -0.05) is 19.8 Å². The first-order valence-corrected chi connectivity index (χ1v) is 8.38. The molecule has 2 N–H and O–H groups in total. The predicted octanol–water partition coefficient (Wildman–Crippen LogP) is 2.20. The van der Waals surface area contributed by atoms with Crippen LogP contribution < -0.4 is 5.32 Å². The number of aliphatic hydroxyl groups is 1. The van der Waals surface area contributed by atoms with Crippen molar-refractivity contribution in [2.45, 2.75) is 43.0 Å². The van der Waals surface area contributed by atoms with Crippen molar-refractivity contribution in [3.05, 3.63) is 24.3 Å². The molecule has 1 aromatic rings. The first-order valence-electron chi connectivity index (χ1n) is 6.73. The Bertz CT molecular complexity index is 516. The Hall–Kier alpha value is -1.07. The molecule has 1 aromatic carbocycles. The van der Waals surface area contributed by atoms with Crippen LogP contribution in [0.4, 0.5) is 5.69 Å². The average Bonchev–Trinajstić information content (AvgIpc) is 2.88. The molecule has 0 saturated heterocycles. The molecule has 106 valence electrons. The lowest BCUT2D eigenvalue weighted by Crippen LogP contribution is -2.38. The maximum atomic E-state index is 11.7. The molecule has 0 amide bonds. The van der Waals surface area contributed by atoms with Crippen LogP contribution in [0.15, 0.2) is 29.2 Å². The van der Waals surface area contributed by atoms with E-state index in [0.29, 0.717) is 4.90 Å². The molecule has 0 radical (unpaired) electrons. The van der Waals surface area contributed by atoms with E-state index >= 15 is 0 Å². The molecule has 0 aromatic heterocycles. The molecular weight excluding hydrogens is 262 g/mol. The lowest BCUT2D eigenvalue weighted by Gasteiger charge is -2.29. The van der Waals surface area contributed by atoms with Gasteiger partial charge in [0.1, 0.15) is 0 Å². The largest absolute Gasteiger partial charge is 0.394 e. The summed E-state index contributed by atoms with van der Waals surface area (Å²) in [7, 11) is -3.14. The second-order valence-corrected chi connectivity index (χ2v) is 7.48. The van der Waals surface area contributed by atoms with E-state index in [0.717, 1.165) is 31.4 Å². The summed E-state index contributed by atoms with van der Waals surface area (Å²) in [4.78, 5) is 0.352. The van der Waals surface area contributed by atoms with Crippen LogP contribution in [-0.2, 0) is 9.84 Å². The van der Waals surface area contributed by atoms with Crippen molar-refractivity contribution >= 4 is 15.5 Å². The number of rotatable bonds is 5. The first-order chi connectivity index (χ1) is 9.01. The lowest BCUT2D eigenvalue weighted by atomic mass is 9.98. The maximum absolute atomic E-state index is 11.7. The molecule has 0 heterocycles. The van der Waals surface area contributed by atoms with Crippen LogP contribution in [-0.4, -0.2) is 31.4 Å². The van der Waals surface area contributed by atoms with Crippen molar-refractivity contribution in [3.63, 3.8) is 0 Å².